The second-order valence-electron chi connectivity index (χ2n) is 8.20. The van der Waals surface area contributed by atoms with Crippen molar-refractivity contribution in [3.8, 4) is 28.9 Å². The molecule has 0 radical (unpaired) electrons. The zero-order chi connectivity index (χ0) is 26.7. The van der Waals surface area contributed by atoms with Gasteiger partial charge in [-0.05, 0) is 73.0 Å². The molecule has 3 aromatic rings. The standard InChI is InChI=1S/C28H22Cl2N2O5/c1-16-21(14-19-6-9-24(37-19)20-7-5-18(29)13-23(20)30)27(33)32(28(34)22(16)15-31)11-10-17-4-8-25(35-2)26(12-17)36-3/h4-9,12-14H,10-11H2,1-3H3/b21-14+. The zero-order valence-corrected chi connectivity index (χ0v) is 21.8. The number of imide groups is 1. The normalized spacial score (nSPS) is 14.8. The monoisotopic (exact) mass is 536 g/mol. The number of ether oxygens (including phenoxy) is 2. The van der Waals surface area contributed by atoms with Gasteiger partial charge in [-0.25, -0.2) is 0 Å². The second-order valence-corrected chi connectivity index (χ2v) is 9.04. The number of benzene rings is 2. The van der Waals surface area contributed by atoms with E-state index in [0.717, 1.165) is 10.5 Å². The summed E-state index contributed by atoms with van der Waals surface area (Å²) in [6.45, 7) is 1.65. The molecule has 2 heterocycles. The first kappa shape index (κ1) is 26.1. The predicted molar refractivity (Wildman–Crippen MR) is 140 cm³/mol. The number of carbonyl (C=O) groups excluding carboxylic acids is 2. The molecule has 0 saturated heterocycles. The van der Waals surface area contributed by atoms with Gasteiger partial charge in [-0.1, -0.05) is 29.3 Å². The molecule has 1 aliphatic rings. The van der Waals surface area contributed by atoms with Crippen molar-refractivity contribution >= 4 is 41.1 Å². The predicted octanol–water partition coefficient (Wildman–Crippen LogP) is 6.11. The van der Waals surface area contributed by atoms with Gasteiger partial charge < -0.3 is 13.9 Å². The molecular formula is C28H22Cl2N2O5. The molecule has 0 bridgehead atoms. The second kappa shape index (κ2) is 11.0. The summed E-state index contributed by atoms with van der Waals surface area (Å²) in [7, 11) is 3.07. The van der Waals surface area contributed by atoms with Crippen LogP contribution in [0.4, 0.5) is 0 Å². The summed E-state index contributed by atoms with van der Waals surface area (Å²) in [5, 5.41) is 10.6. The summed E-state index contributed by atoms with van der Waals surface area (Å²) in [5.74, 6) is 0.833. The highest BCUT2D eigenvalue weighted by molar-refractivity contribution is 6.36. The van der Waals surface area contributed by atoms with Crippen LogP contribution in [0, 0.1) is 11.3 Å². The van der Waals surface area contributed by atoms with E-state index in [1.54, 1.807) is 56.5 Å². The molecule has 0 fully saturated rings. The lowest BCUT2D eigenvalue weighted by Gasteiger charge is -2.27. The molecule has 7 nitrogen and oxygen atoms in total. The zero-order valence-electron chi connectivity index (χ0n) is 20.3. The van der Waals surface area contributed by atoms with Crippen molar-refractivity contribution < 1.29 is 23.5 Å². The molecule has 0 atom stereocenters. The van der Waals surface area contributed by atoms with Gasteiger partial charge in [-0.15, -0.1) is 0 Å². The molecule has 9 heteroatoms. The van der Waals surface area contributed by atoms with Crippen molar-refractivity contribution in [1.82, 2.24) is 4.90 Å². The number of hydrogen-bond donors (Lipinski definition) is 0. The van der Waals surface area contributed by atoms with Crippen molar-refractivity contribution in [3.63, 3.8) is 0 Å². The lowest BCUT2D eigenvalue weighted by atomic mass is 9.94. The summed E-state index contributed by atoms with van der Waals surface area (Å²) in [4.78, 5) is 27.5. The Labute approximate surface area is 224 Å². The van der Waals surface area contributed by atoms with Crippen LogP contribution < -0.4 is 9.47 Å². The fourth-order valence-corrected chi connectivity index (χ4v) is 4.52. The van der Waals surface area contributed by atoms with Crippen LogP contribution in [0.3, 0.4) is 0 Å². The first-order valence-corrected chi connectivity index (χ1v) is 12.0. The number of rotatable bonds is 7. The molecule has 1 aliphatic heterocycles. The maximum atomic E-state index is 13.4. The SMILES string of the molecule is COc1ccc(CCN2C(=O)C(C#N)=C(C)/C(=C\c3ccc(-c4ccc(Cl)cc4Cl)o3)C2=O)cc1OC. The Morgan fingerprint density at radius 1 is 1.00 bits per heavy atom. The fraction of sp³-hybridized carbons (Fsp3) is 0.179. The van der Waals surface area contributed by atoms with Gasteiger partial charge in [0.25, 0.3) is 11.8 Å². The summed E-state index contributed by atoms with van der Waals surface area (Å²) in [6, 6.07) is 15.8. The third kappa shape index (κ3) is 5.26. The Morgan fingerprint density at radius 3 is 2.43 bits per heavy atom. The number of halogens is 2. The van der Waals surface area contributed by atoms with Crippen LogP contribution in [-0.2, 0) is 16.0 Å². The van der Waals surface area contributed by atoms with Gasteiger partial charge >= 0.3 is 0 Å². The number of carbonyl (C=O) groups is 2. The van der Waals surface area contributed by atoms with Gasteiger partial charge in [0, 0.05) is 22.7 Å². The van der Waals surface area contributed by atoms with E-state index in [9.17, 15) is 14.9 Å². The summed E-state index contributed by atoms with van der Waals surface area (Å²) < 4.78 is 16.5. The van der Waals surface area contributed by atoms with E-state index in [1.807, 2.05) is 12.1 Å². The lowest BCUT2D eigenvalue weighted by Crippen LogP contribution is -2.43. The molecule has 0 unspecified atom stereocenters. The van der Waals surface area contributed by atoms with Gasteiger partial charge in [0.2, 0.25) is 0 Å². The van der Waals surface area contributed by atoms with Gasteiger partial charge in [-0.2, -0.15) is 5.26 Å². The minimum Gasteiger partial charge on any atom is -0.493 e. The van der Waals surface area contributed by atoms with Crippen molar-refractivity contribution in [2.24, 2.45) is 0 Å². The van der Waals surface area contributed by atoms with Crippen LogP contribution in [-0.4, -0.2) is 37.5 Å². The van der Waals surface area contributed by atoms with Crippen LogP contribution >= 0.6 is 23.2 Å². The molecule has 0 spiro atoms. The smallest absolute Gasteiger partial charge is 0.271 e. The largest absolute Gasteiger partial charge is 0.493 e. The van der Waals surface area contributed by atoms with Gasteiger partial charge in [0.15, 0.2) is 11.5 Å². The number of nitrogens with zero attached hydrogens (tertiary/aromatic N) is 2. The molecule has 0 aliphatic carbocycles. The summed E-state index contributed by atoms with van der Waals surface area (Å²) in [5.41, 5.74) is 1.88. The Kier molecular flexibility index (Phi) is 7.72. The molecule has 0 saturated carbocycles. The Balaban J connectivity index is 1.63. The topological polar surface area (TPSA) is 92.8 Å². The fourth-order valence-electron chi connectivity index (χ4n) is 4.02. The van der Waals surface area contributed by atoms with E-state index >= 15 is 0 Å². The average molecular weight is 537 g/mol. The number of hydrogen-bond acceptors (Lipinski definition) is 6. The summed E-state index contributed by atoms with van der Waals surface area (Å²) >= 11 is 12.3. The molecule has 2 aromatic carbocycles. The van der Waals surface area contributed by atoms with Gasteiger partial charge in [-0.3, -0.25) is 14.5 Å². The Bertz CT molecular complexity index is 1500. The van der Waals surface area contributed by atoms with Crippen LogP contribution in [0.2, 0.25) is 10.0 Å². The van der Waals surface area contributed by atoms with Crippen molar-refractivity contribution in [3.05, 3.63) is 86.6 Å². The van der Waals surface area contributed by atoms with Crippen LogP contribution in [0.25, 0.3) is 17.4 Å². The number of methoxy groups -OCH3 is 2. The minimum absolute atomic E-state index is 0.0761. The Hall–Kier alpha value is -3.99. The number of nitriles is 1. The summed E-state index contributed by atoms with van der Waals surface area (Å²) in [6.07, 6.45) is 1.89. The highest BCUT2D eigenvalue weighted by atomic mass is 35.5. The molecule has 4 rings (SSSR count). The Morgan fingerprint density at radius 2 is 1.76 bits per heavy atom. The van der Waals surface area contributed by atoms with Crippen LogP contribution in [0.15, 0.2) is 69.7 Å². The number of amides is 2. The molecular weight excluding hydrogens is 515 g/mol. The molecule has 2 amide bonds. The minimum atomic E-state index is -0.629. The lowest BCUT2D eigenvalue weighted by molar-refractivity contribution is -0.140. The van der Waals surface area contributed by atoms with E-state index in [1.165, 1.54) is 13.2 Å². The van der Waals surface area contributed by atoms with Gasteiger partial charge in [0.1, 0.15) is 23.2 Å². The van der Waals surface area contributed by atoms with E-state index < -0.39 is 11.8 Å². The van der Waals surface area contributed by atoms with Crippen LogP contribution in [0.5, 0.6) is 11.5 Å². The highest BCUT2D eigenvalue weighted by Crippen LogP contribution is 2.34. The molecule has 0 N–H and O–H groups in total. The molecule has 1 aromatic heterocycles. The highest BCUT2D eigenvalue weighted by Gasteiger charge is 2.35. The number of furan rings is 1. The maximum Gasteiger partial charge on any atom is 0.271 e. The van der Waals surface area contributed by atoms with E-state index in [0.29, 0.717) is 50.6 Å². The van der Waals surface area contributed by atoms with Gasteiger partial charge in [0.05, 0.1) is 19.2 Å². The first-order valence-electron chi connectivity index (χ1n) is 11.2. The quantitative estimate of drug-likeness (QED) is 0.267. The van der Waals surface area contributed by atoms with Crippen LogP contribution in [0.1, 0.15) is 18.2 Å². The third-order valence-electron chi connectivity index (χ3n) is 6.01. The van der Waals surface area contributed by atoms with E-state index in [-0.39, 0.29) is 17.7 Å². The van der Waals surface area contributed by atoms with E-state index in [4.69, 9.17) is 37.1 Å². The van der Waals surface area contributed by atoms with Crippen molar-refractivity contribution in [1.29, 1.82) is 5.26 Å². The van der Waals surface area contributed by atoms with Crippen molar-refractivity contribution in [2.75, 3.05) is 20.8 Å². The third-order valence-corrected chi connectivity index (χ3v) is 6.56. The molecule has 188 valence electrons. The average Bonchev–Trinajstić information content (AvgIpc) is 3.35. The molecule has 37 heavy (non-hydrogen) atoms. The first-order chi connectivity index (χ1) is 17.8. The maximum absolute atomic E-state index is 13.4. The van der Waals surface area contributed by atoms with Crippen molar-refractivity contribution in [2.45, 2.75) is 13.3 Å². The van der Waals surface area contributed by atoms with E-state index in [2.05, 4.69) is 0 Å².